The average molecular weight is 406 g/mol. The van der Waals surface area contributed by atoms with E-state index in [0.29, 0.717) is 11.3 Å². The maximum atomic E-state index is 13.3. The first-order valence-electron chi connectivity index (χ1n) is 9.61. The van der Waals surface area contributed by atoms with Crippen LogP contribution in [0.5, 0.6) is 0 Å². The first-order valence-corrected chi connectivity index (χ1v) is 9.61. The Labute approximate surface area is 171 Å². The number of aliphatic hydroxyl groups is 1. The van der Waals surface area contributed by atoms with Crippen molar-refractivity contribution in [1.29, 1.82) is 0 Å². The van der Waals surface area contributed by atoms with E-state index in [0.717, 1.165) is 0 Å². The SMILES string of the molecule is CC[C@]1(O)C(=O)OCc2c1cc1n(c2=O)C/C(=C2/C(=O)N(C)c3ccccc32)C1=O. The molecule has 0 radical (unpaired) electrons. The summed E-state index contributed by atoms with van der Waals surface area (Å²) in [5, 5.41) is 10.8. The lowest BCUT2D eigenvalue weighted by Gasteiger charge is -2.31. The number of carbonyl (C=O) groups excluding carboxylic acids is 3. The number of esters is 1. The Hall–Kier alpha value is -3.52. The largest absolute Gasteiger partial charge is 0.458 e. The van der Waals surface area contributed by atoms with Crippen LogP contribution in [0.2, 0.25) is 0 Å². The van der Waals surface area contributed by atoms with Crippen LogP contribution in [-0.4, -0.2) is 34.4 Å². The van der Waals surface area contributed by atoms with Gasteiger partial charge in [0.2, 0.25) is 5.78 Å². The lowest BCUT2D eigenvalue weighted by molar-refractivity contribution is -0.172. The molecule has 8 heteroatoms. The average Bonchev–Trinajstić information content (AvgIpc) is 3.20. The third kappa shape index (κ3) is 2.14. The molecule has 1 aromatic carbocycles. The van der Waals surface area contributed by atoms with Gasteiger partial charge >= 0.3 is 5.97 Å². The number of hydrogen-bond acceptors (Lipinski definition) is 6. The van der Waals surface area contributed by atoms with Gasteiger partial charge in [0.15, 0.2) is 5.60 Å². The normalized spacial score (nSPS) is 24.6. The first-order chi connectivity index (χ1) is 14.3. The summed E-state index contributed by atoms with van der Waals surface area (Å²) in [6.07, 6.45) is 0.000515. The Morgan fingerprint density at radius 3 is 2.63 bits per heavy atom. The van der Waals surface area contributed by atoms with Crippen LogP contribution in [0.15, 0.2) is 40.7 Å². The minimum atomic E-state index is -1.98. The molecule has 0 bridgehead atoms. The van der Waals surface area contributed by atoms with Gasteiger partial charge in [-0.1, -0.05) is 25.1 Å². The molecule has 8 nitrogen and oxygen atoms in total. The van der Waals surface area contributed by atoms with Crippen LogP contribution >= 0.6 is 0 Å². The smallest absolute Gasteiger partial charge is 0.343 e. The van der Waals surface area contributed by atoms with Crippen LogP contribution in [0.3, 0.4) is 0 Å². The molecular formula is C22H18N2O6. The predicted molar refractivity (Wildman–Crippen MR) is 106 cm³/mol. The van der Waals surface area contributed by atoms with Crippen molar-refractivity contribution >= 4 is 28.9 Å². The quantitative estimate of drug-likeness (QED) is 0.562. The molecule has 0 unspecified atom stereocenters. The number of amides is 1. The van der Waals surface area contributed by atoms with Gasteiger partial charge in [-0.3, -0.25) is 14.4 Å². The zero-order chi connectivity index (χ0) is 21.4. The molecule has 3 aliphatic rings. The van der Waals surface area contributed by atoms with E-state index in [1.807, 2.05) is 6.07 Å². The van der Waals surface area contributed by atoms with E-state index in [4.69, 9.17) is 4.74 Å². The van der Waals surface area contributed by atoms with Crippen molar-refractivity contribution in [2.45, 2.75) is 32.1 Å². The molecule has 0 spiro atoms. The van der Waals surface area contributed by atoms with E-state index in [9.17, 15) is 24.3 Å². The zero-order valence-electron chi connectivity index (χ0n) is 16.4. The van der Waals surface area contributed by atoms with E-state index in [-0.39, 0.29) is 53.4 Å². The molecule has 0 saturated heterocycles. The molecule has 1 amide bonds. The van der Waals surface area contributed by atoms with Crippen molar-refractivity contribution in [3.05, 3.63) is 68.6 Å². The van der Waals surface area contributed by atoms with Gasteiger partial charge in [-0.05, 0) is 18.6 Å². The second-order valence-electron chi connectivity index (χ2n) is 7.67. The maximum absolute atomic E-state index is 13.3. The van der Waals surface area contributed by atoms with Crippen LogP contribution in [0, 0.1) is 0 Å². The van der Waals surface area contributed by atoms with Gasteiger partial charge in [-0.2, -0.15) is 0 Å². The summed E-state index contributed by atoms with van der Waals surface area (Å²) in [4.78, 5) is 52.9. The number of Topliss-reactive ketones (excluding diaryl/α,β-unsaturated/α-hetero) is 1. The molecule has 0 saturated carbocycles. The molecular weight excluding hydrogens is 388 g/mol. The topological polar surface area (TPSA) is 106 Å². The number of nitrogens with zero attached hydrogens (tertiary/aromatic N) is 2. The second kappa shape index (κ2) is 5.99. The van der Waals surface area contributed by atoms with Gasteiger partial charge in [0, 0.05) is 23.7 Å². The van der Waals surface area contributed by atoms with Crippen LogP contribution in [0.25, 0.3) is 5.57 Å². The van der Waals surface area contributed by atoms with Crippen molar-refractivity contribution in [3.63, 3.8) is 0 Å². The monoisotopic (exact) mass is 406 g/mol. The molecule has 1 N–H and O–H groups in total. The van der Waals surface area contributed by atoms with Crippen molar-refractivity contribution in [2.24, 2.45) is 0 Å². The highest BCUT2D eigenvalue weighted by molar-refractivity contribution is 6.37. The molecule has 4 heterocycles. The number of rotatable bonds is 1. The number of hydrogen-bond donors (Lipinski definition) is 1. The number of carbonyl (C=O) groups is 3. The minimum Gasteiger partial charge on any atom is -0.458 e. The number of cyclic esters (lactones) is 1. The van der Waals surface area contributed by atoms with Crippen LogP contribution in [0.1, 0.15) is 40.5 Å². The molecule has 3 aliphatic heterocycles. The number of pyridine rings is 1. The van der Waals surface area contributed by atoms with E-state index in [1.54, 1.807) is 32.2 Å². The molecule has 1 atom stereocenters. The second-order valence-corrected chi connectivity index (χ2v) is 7.67. The molecule has 30 heavy (non-hydrogen) atoms. The molecule has 0 fully saturated rings. The number of ketones is 1. The van der Waals surface area contributed by atoms with E-state index in [2.05, 4.69) is 0 Å². The number of likely N-dealkylation sites (N-methyl/N-ethyl adjacent to an activating group) is 1. The summed E-state index contributed by atoms with van der Waals surface area (Å²) >= 11 is 0. The Kier molecular flexibility index (Phi) is 3.70. The van der Waals surface area contributed by atoms with E-state index < -0.39 is 22.9 Å². The van der Waals surface area contributed by atoms with Gasteiger partial charge < -0.3 is 19.3 Å². The summed E-state index contributed by atoms with van der Waals surface area (Å²) in [6, 6.07) is 8.55. The fourth-order valence-electron chi connectivity index (χ4n) is 4.48. The Morgan fingerprint density at radius 2 is 1.90 bits per heavy atom. The molecule has 5 rings (SSSR count). The zero-order valence-corrected chi connectivity index (χ0v) is 16.4. The standard InChI is InChI=1S/C22H18N2O6/c1-3-22(29)14-8-16-18(25)12(9-24(16)19(26)13(14)10-30-21(22)28)17-11-6-4-5-7-15(11)23(2)20(17)27/h4-8,29H,3,9-10H2,1-2H3/b17-12-/t22-/m1/s1. The van der Waals surface area contributed by atoms with Crippen molar-refractivity contribution in [3.8, 4) is 0 Å². The predicted octanol–water partition coefficient (Wildman–Crippen LogP) is 1.13. The Balaban J connectivity index is 1.74. The number of anilines is 1. The summed E-state index contributed by atoms with van der Waals surface area (Å²) < 4.78 is 6.31. The van der Waals surface area contributed by atoms with Gasteiger partial charge in [0.25, 0.3) is 11.5 Å². The van der Waals surface area contributed by atoms with Crippen molar-refractivity contribution < 1.29 is 24.2 Å². The Bertz CT molecular complexity index is 1270. The number of benzene rings is 1. The summed E-state index contributed by atoms with van der Waals surface area (Å²) in [7, 11) is 1.64. The third-order valence-electron chi connectivity index (χ3n) is 6.22. The number of ether oxygens (including phenoxy) is 1. The molecule has 1 aromatic heterocycles. The maximum Gasteiger partial charge on any atom is 0.343 e. The van der Waals surface area contributed by atoms with Crippen LogP contribution < -0.4 is 10.5 Å². The summed E-state index contributed by atoms with van der Waals surface area (Å²) in [5.74, 6) is -1.61. The highest BCUT2D eigenvalue weighted by Crippen LogP contribution is 2.41. The van der Waals surface area contributed by atoms with E-state index in [1.165, 1.54) is 15.5 Å². The summed E-state index contributed by atoms with van der Waals surface area (Å²) in [6.45, 7) is 1.28. The highest BCUT2D eigenvalue weighted by atomic mass is 16.6. The third-order valence-corrected chi connectivity index (χ3v) is 6.22. The summed E-state index contributed by atoms with van der Waals surface area (Å²) in [5.41, 5.74) is -0.331. The number of allylic oxidation sites excluding steroid dienone is 1. The van der Waals surface area contributed by atoms with Gasteiger partial charge in [0.05, 0.1) is 29.1 Å². The lowest BCUT2D eigenvalue weighted by Crippen LogP contribution is -2.44. The Morgan fingerprint density at radius 1 is 1.17 bits per heavy atom. The van der Waals surface area contributed by atoms with Crippen molar-refractivity contribution in [2.75, 3.05) is 11.9 Å². The fraction of sp³-hybridized carbons (Fsp3) is 0.273. The number of para-hydroxylation sites is 1. The minimum absolute atomic E-state index is 0.000515. The molecule has 152 valence electrons. The fourth-order valence-corrected chi connectivity index (χ4v) is 4.48. The number of aromatic nitrogens is 1. The molecule has 0 aliphatic carbocycles. The van der Waals surface area contributed by atoms with Gasteiger partial charge in [-0.15, -0.1) is 0 Å². The number of fused-ring (bicyclic) bond motifs is 3. The van der Waals surface area contributed by atoms with E-state index >= 15 is 0 Å². The van der Waals surface area contributed by atoms with Crippen molar-refractivity contribution in [1.82, 2.24) is 4.57 Å². The van der Waals surface area contributed by atoms with Gasteiger partial charge in [0.1, 0.15) is 6.61 Å². The highest BCUT2D eigenvalue weighted by Gasteiger charge is 2.46. The lowest BCUT2D eigenvalue weighted by atomic mass is 9.86. The van der Waals surface area contributed by atoms with Gasteiger partial charge in [-0.25, -0.2) is 4.79 Å². The first kappa shape index (κ1) is 18.5. The van der Waals surface area contributed by atoms with Crippen LogP contribution in [0.4, 0.5) is 5.69 Å². The van der Waals surface area contributed by atoms with Crippen LogP contribution in [-0.2, 0) is 33.1 Å². The molecule has 2 aromatic rings.